The van der Waals surface area contributed by atoms with Gasteiger partial charge in [-0.05, 0) is 49.1 Å². The summed E-state index contributed by atoms with van der Waals surface area (Å²) in [6.45, 7) is 2.47. The summed E-state index contributed by atoms with van der Waals surface area (Å²) in [5.41, 5.74) is 8.49. The minimum Gasteiger partial charge on any atom is -0.489 e. The molecule has 0 bridgehead atoms. The van der Waals surface area contributed by atoms with Crippen LogP contribution in [0.3, 0.4) is 0 Å². The van der Waals surface area contributed by atoms with Gasteiger partial charge in [-0.15, -0.1) is 0 Å². The zero-order valence-electron chi connectivity index (χ0n) is 14.8. The molecule has 4 heteroatoms. The molecule has 0 atom stereocenters. The molecular weight excluding hydrogens is 312 g/mol. The lowest BCUT2D eigenvalue weighted by molar-refractivity contribution is -0.122. The van der Waals surface area contributed by atoms with Crippen LogP contribution in [0, 0.1) is 6.92 Å². The second-order valence-electron chi connectivity index (χ2n) is 6.86. The quantitative estimate of drug-likeness (QED) is 0.860. The van der Waals surface area contributed by atoms with Gasteiger partial charge in [0, 0.05) is 5.69 Å². The van der Waals surface area contributed by atoms with Crippen molar-refractivity contribution in [1.82, 2.24) is 0 Å². The van der Waals surface area contributed by atoms with Crippen molar-refractivity contribution in [2.75, 3.05) is 5.32 Å². The van der Waals surface area contributed by atoms with Gasteiger partial charge < -0.3 is 15.8 Å². The Morgan fingerprint density at radius 2 is 1.80 bits per heavy atom. The highest BCUT2D eigenvalue weighted by Crippen LogP contribution is 2.28. The number of amides is 1. The van der Waals surface area contributed by atoms with Gasteiger partial charge >= 0.3 is 0 Å². The lowest BCUT2D eigenvalue weighted by Crippen LogP contribution is -2.52. The number of nitrogens with one attached hydrogen (secondary N) is 1. The number of rotatable bonds is 5. The van der Waals surface area contributed by atoms with E-state index in [1.165, 1.54) is 0 Å². The molecule has 3 rings (SSSR count). The Morgan fingerprint density at radius 1 is 1.08 bits per heavy atom. The van der Waals surface area contributed by atoms with Crippen LogP contribution < -0.4 is 15.8 Å². The van der Waals surface area contributed by atoms with E-state index in [2.05, 4.69) is 5.32 Å². The third-order valence-corrected chi connectivity index (χ3v) is 5.03. The number of carbonyl (C=O) groups excluding carboxylic acids is 1. The van der Waals surface area contributed by atoms with Crippen LogP contribution in [0.4, 0.5) is 5.69 Å². The molecule has 0 spiro atoms. The van der Waals surface area contributed by atoms with Crippen molar-refractivity contribution in [3.05, 3.63) is 59.7 Å². The third kappa shape index (κ3) is 4.20. The highest BCUT2D eigenvalue weighted by atomic mass is 16.5. The van der Waals surface area contributed by atoms with Crippen molar-refractivity contribution in [2.24, 2.45) is 5.73 Å². The average molecular weight is 338 g/mol. The molecule has 1 fully saturated rings. The van der Waals surface area contributed by atoms with Crippen molar-refractivity contribution < 1.29 is 9.53 Å². The van der Waals surface area contributed by atoms with Crippen LogP contribution in [0.5, 0.6) is 5.75 Å². The molecule has 0 unspecified atom stereocenters. The number of ether oxygens (including phenoxy) is 1. The standard InChI is InChI=1S/C21H26N2O2/c1-16-17(15-25-18-10-4-2-5-11-18)9-8-12-19(16)23-20(24)21(22)13-6-3-7-14-21/h2,4-5,8-12H,3,6-7,13-15,22H2,1H3,(H,23,24). The molecule has 0 aliphatic heterocycles. The van der Waals surface area contributed by atoms with E-state index < -0.39 is 5.54 Å². The van der Waals surface area contributed by atoms with Crippen LogP contribution in [0.15, 0.2) is 48.5 Å². The number of para-hydroxylation sites is 1. The van der Waals surface area contributed by atoms with E-state index in [0.717, 1.165) is 54.7 Å². The predicted molar refractivity (Wildman–Crippen MR) is 101 cm³/mol. The highest BCUT2D eigenvalue weighted by molar-refractivity contribution is 5.98. The van der Waals surface area contributed by atoms with Crippen LogP contribution in [0.1, 0.15) is 43.2 Å². The van der Waals surface area contributed by atoms with E-state index in [-0.39, 0.29) is 5.91 Å². The van der Waals surface area contributed by atoms with Crippen LogP contribution in [0.25, 0.3) is 0 Å². The number of benzene rings is 2. The molecule has 1 aliphatic carbocycles. The molecule has 2 aromatic rings. The fourth-order valence-electron chi connectivity index (χ4n) is 3.31. The summed E-state index contributed by atoms with van der Waals surface area (Å²) in [7, 11) is 0. The summed E-state index contributed by atoms with van der Waals surface area (Å²) in [5, 5.41) is 3.04. The second-order valence-corrected chi connectivity index (χ2v) is 6.86. The first-order chi connectivity index (χ1) is 12.1. The first kappa shape index (κ1) is 17.5. The lowest BCUT2D eigenvalue weighted by Gasteiger charge is -2.32. The van der Waals surface area contributed by atoms with E-state index in [4.69, 9.17) is 10.5 Å². The molecule has 1 aliphatic rings. The summed E-state index contributed by atoms with van der Waals surface area (Å²) >= 11 is 0. The molecule has 25 heavy (non-hydrogen) atoms. The maximum atomic E-state index is 12.7. The van der Waals surface area contributed by atoms with Gasteiger partial charge in [0.05, 0.1) is 5.54 Å². The van der Waals surface area contributed by atoms with Gasteiger partial charge in [0.25, 0.3) is 0 Å². The molecule has 2 aromatic carbocycles. The van der Waals surface area contributed by atoms with Gasteiger partial charge in [-0.1, -0.05) is 49.6 Å². The topological polar surface area (TPSA) is 64.3 Å². The zero-order valence-corrected chi connectivity index (χ0v) is 14.8. The first-order valence-electron chi connectivity index (χ1n) is 8.95. The SMILES string of the molecule is Cc1c(COc2ccccc2)cccc1NC(=O)C1(N)CCCCC1. The first-order valence-corrected chi connectivity index (χ1v) is 8.95. The summed E-state index contributed by atoms with van der Waals surface area (Å²) in [5.74, 6) is 0.760. The van der Waals surface area contributed by atoms with Gasteiger partial charge in [0.2, 0.25) is 5.91 Å². The molecule has 0 heterocycles. The van der Waals surface area contributed by atoms with E-state index in [0.29, 0.717) is 6.61 Å². The molecule has 0 saturated heterocycles. The normalized spacial score (nSPS) is 16.2. The van der Waals surface area contributed by atoms with Gasteiger partial charge in [-0.3, -0.25) is 4.79 Å². The molecule has 1 saturated carbocycles. The van der Waals surface area contributed by atoms with Gasteiger partial charge in [-0.25, -0.2) is 0 Å². The Labute approximate surface area is 149 Å². The number of carbonyl (C=O) groups is 1. The van der Waals surface area contributed by atoms with E-state index in [9.17, 15) is 4.79 Å². The maximum absolute atomic E-state index is 12.7. The minimum atomic E-state index is -0.735. The Balaban J connectivity index is 1.69. The van der Waals surface area contributed by atoms with Gasteiger partial charge in [0.1, 0.15) is 12.4 Å². The van der Waals surface area contributed by atoms with Crippen LogP contribution in [0.2, 0.25) is 0 Å². The summed E-state index contributed by atoms with van der Waals surface area (Å²) in [6, 6.07) is 15.6. The van der Waals surface area contributed by atoms with Crippen molar-refractivity contribution in [2.45, 2.75) is 51.2 Å². The number of hydrogen-bond donors (Lipinski definition) is 2. The fraction of sp³-hybridized carbons (Fsp3) is 0.381. The molecule has 0 radical (unpaired) electrons. The van der Waals surface area contributed by atoms with Crippen molar-refractivity contribution in [3.8, 4) is 5.75 Å². The summed E-state index contributed by atoms with van der Waals surface area (Å²) < 4.78 is 5.83. The molecule has 3 N–H and O–H groups in total. The van der Waals surface area contributed by atoms with Crippen LogP contribution >= 0.6 is 0 Å². The van der Waals surface area contributed by atoms with Crippen LogP contribution in [-0.2, 0) is 11.4 Å². The Kier molecular flexibility index (Phi) is 5.39. The Bertz CT molecular complexity index is 722. The fourth-order valence-corrected chi connectivity index (χ4v) is 3.31. The van der Waals surface area contributed by atoms with Crippen molar-refractivity contribution in [1.29, 1.82) is 0 Å². The van der Waals surface area contributed by atoms with Gasteiger partial charge in [0.15, 0.2) is 0 Å². The van der Waals surface area contributed by atoms with Crippen molar-refractivity contribution in [3.63, 3.8) is 0 Å². The molecular formula is C21H26N2O2. The maximum Gasteiger partial charge on any atom is 0.244 e. The smallest absolute Gasteiger partial charge is 0.244 e. The molecule has 132 valence electrons. The number of anilines is 1. The third-order valence-electron chi connectivity index (χ3n) is 5.03. The summed E-state index contributed by atoms with van der Waals surface area (Å²) in [6.07, 6.45) is 4.72. The zero-order chi connectivity index (χ0) is 17.7. The monoisotopic (exact) mass is 338 g/mol. The second kappa shape index (κ2) is 7.70. The molecule has 4 nitrogen and oxygen atoms in total. The Hall–Kier alpha value is -2.33. The number of nitrogens with two attached hydrogens (primary N) is 1. The van der Waals surface area contributed by atoms with E-state index >= 15 is 0 Å². The highest BCUT2D eigenvalue weighted by Gasteiger charge is 2.35. The number of hydrogen-bond acceptors (Lipinski definition) is 3. The van der Waals surface area contributed by atoms with Crippen LogP contribution in [-0.4, -0.2) is 11.4 Å². The van der Waals surface area contributed by atoms with E-state index in [1.54, 1.807) is 0 Å². The van der Waals surface area contributed by atoms with E-state index in [1.807, 2.05) is 55.5 Å². The largest absolute Gasteiger partial charge is 0.489 e. The van der Waals surface area contributed by atoms with Crippen molar-refractivity contribution >= 4 is 11.6 Å². The molecule has 0 aromatic heterocycles. The van der Waals surface area contributed by atoms with Gasteiger partial charge in [-0.2, -0.15) is 0 Å². The summed E-state index contributed by atoms with van der Waals surface area (Å²) in [4.78, 5) is 12.7. The minimum absolute atomic E-state index is 0.0728. The predicted octanol–water partition coefficient (Wildman–Crippen LogP) is 4.17. The lowest BCUT2D eigenvalue weighted by atomic mass is 9.82. The Morgan fingerprint density at radius 3 is 2.52 bits per heavy atom. The average Bonchev–Trinajstić information content (AvgIpc) is 2.64. The molecule has 1 amide bonds.